The molecule has 0 aromatic carbocycles. The number of methoxy groups -OCH3 is 1. The van der Waals surface area contributed by atoms with Crippen LogP contribution in [0.25, 0.3) is 0 Å². The number of carbonyl (C=O) groups is 1. The van der Waals surface area contributed by atoms with Crippen molar-refractivity contribution in [2.75, 3.05) is 7.11 Å². The van der Waals surface area contributed by atoms with Crippen LogP contribution in [0.3, 0.4) is 0 Å². The van der Waals surface area contributed by atoms with E-state index in [4.69, 9.17) is 4.74 Å². The molecule has 1 heterocycles. The molecule has 16 heavy (non-hydrogen) atoms. The number of rotatable bonds is 4. The van der Waals surface area contributed by atoms with Crippen molar-refractivity contribution in [3.05, 3.63) is 18.1 Å². The third kappa shape index (κ3) is 4.38. The van der Waals surface area contributed by atoms with Gasteiger partial charge < -0.3 is 4.74 Å². The van der Waals surface area contributed by atoms with Crippen LogP contribution in [-0.2, 0) is 11.2 Å². The lowest BCUT2D eigenvalue weighted by molar-refractivity contribution is -0.120. The van der Waals surface area contributed by atoms with E-state index in [1.54, 1.807) is 13.2 Å². The van der Waals surface area contributed by atoms with Crippen molar-refractivity contribution in [2.24, 2.45) is 5.41 Å². The van der Waals surface area contributed by atoms with Crippen LogP contribution in [0.1, 0.15) is 32.9 Å². The molecule has 0 aliphatic rings. The molecule has 4 heteroatoms. The summed E-state index contributed by atoms with van der Waals surface area (Å²) < 4.78 is 4.97. The van der Waals surface area contributed by atoms with Crippen LogP contribution in [0.4, 0.5) is 0 Å². The van der Waals surface area contributed by atoms with Crippen molar-refractivity contribution in [1.29, 1.82) is 0 Å². The molecule has 1 aromatic heterocycles. The normalized spacial score (nSPS) is 11.2. The number of hydrogen-bond acceptors (Lipinski definition) is 4. The molecule has 0 aliphatic carbocycles. The van der Waals surface area contributed by atoms with E-state index >= 15 is 0 Å². The lowest BCUT2D eigenvalue weighted by Crippen LogP contribution is -2.15. The van der Waals surface area contributed by atoms with E-state index in [0.717, 1.165) is 0 Å². The van der Waals surface area contributed by atoms with Crippen molar-refractivity contribution < 1.29 is 9.53 Å². The standard InChI is InChI=1S/C12H18N2O2/c1-12(2,3)7-10(15)5-9-6-11(16-4)14-8-13-9/h6,8H,5,7H2,1-4H3. The Balaban J connectivity index is 2.62. The van der Waals surface area contributed by atoms with Crippen LogP contribution in [0.2, 0.25) is 0 Å². The molecule has 0 unspecified atom stereocenters. The third-order valence-corrected chi connectivity index (χ3v) is 2.01. The summed E-state index contributed by atoms with van der Waals surface area (Å²) >= 11 is 0. The minimum absolute atomic E-state index is 0.0220. The fraction of sp³-hybridized carbons (Fsp3) is 0.583. The van der Waals surface area contributed by atoms with Gasteiger partial charge >= 0.3 is 0 Å². The molecule has 0 spiro atoms. The Labute approximate surface area is 96.1 Å². The SMILES string of the molecule is COc1cc(CC(=O)CC(C)(C)C)ncn1. The fourth-order valence-electron chi connectivity index (χ4n) is 1.44. The zero-order valence-electron chi connectivity index (χ0n) is 10.3. The topological polar surface area (TPSA) is 52.1 Å². The summed E-state index contributed by atoms with van der Waals surface area (Å²) in [6, 6.07) is 1.69. The predicted molar refractivity (Wildman–Crippen MR) is 61.4 cm³/mol. The molecule has 0 saturated heterocycles. The molecule has 0 radical (unpaired) electrons. The molecule has 1 aromatic rings. The molecule has 0 aliphatic heterocycles. The highest BCUT2D eigenvalue weighted by Crippen LogP contribution is 2.20. The highest BCUT2D eigenvalue weighted by Gasteiger charge is 2.16. The molecular weight excluding hydrogens is 204 g/mol. The van der Waals surface area contributed by atoms with Crippen molar-refractivity contribution >= 4 is 5.78 Å². The van der Waals surface area contributed by atoms with Gasteiger partial charge in [0.05, 0.1) is 12.8 Å². The zero-order valence-corrected chi connectivity index (χ0v) is 10.3. The molecular formula is C12H18N2O2. The Morgan fingerprint density at radius 1 is 1.38 bits per heavy atom. The summed E-state index contributed by atoms with van der Waals surface area (Å²) in [6.45, 7) is 6.14. The summed E-state index contributed by atoms with van der Waals surface area (Å²) in [4.78, 5) is 19.7. The van der Waals surface area contributed by atoms with E-state index in [-0.39, 0.29) is 11.2 Å². The number of carbonyl (C=O) groups excluding carboxylic acids is 1. The molecule has 0 N–H and O–H groups in total. The van der Waals surface area contributed by atoms with Gasteiger partial charge in [-0.3, -0.25) is 4.79 Å². The van der Waals surface area contributed by atoms with Crippen molar-refractivity contribution in [3.63, 3.8) is 0 Å². The third-order valence-electron chi connectivity index (χ3n) is 2.01. The summed E-state index contributed by atoms with van der Waals surface area (Å²) in [7, 11) is 1.54. The van der Waals surface area contributed by atoms with Gasteiger partial charge in [0.1, 0.15) is 12.1 Å². The summed E-state index contributed by atoms with van der Waals surface area (Å²) in [5, 5.41) is 0. The van der Waals surface area contributed by atoms with Gasteiger partial charge in [0, 0.05) is 18.9 Å². The molecule has 0 saturated carbocycles. The van der Waals surface area contributed by atoms with Gasteiger partial charge in [0.2, 0.25) is 5.88 Å². The molecule has 1 rings (SSSR count). The van der Waals surface area contributed by atoms with Gasteiger partial charge in [-0.2, -0.15) is 0 Å². The van der Waals surface area contributed by atoms with E-state index in [1.807, 2.05) is 20.8 Å². The monoisotopic (exact) mass is 222 g/mol. The van der Waals surface area contributed by atoms with Crippen LogP contribution in [-0.4, -0.2) is 22.9 Å². The lowest BCUT2D eigenvalue weighted by atomic mass is 9.89. The molecule has 0 amide bonds. The maximum atomic E-state index is 11.7. The first-order chi connectivity index (χ1) is 7.40. The van der Waals surface area contributed by atoms with Gasteiger partial charge in [-0.1, -0.05) is 20.8 Å². The van der Waals surface area contributed by atoms with E-state index in [9.17, 15) is 4.79 Å². The average Bonchev–Trinajstić information content (AvgIpc) is 2.15. The van der Waals surface area contributed by atoms with Gasteiger partial charge in [0.15, 0.2) is 0 Å². The maximum absolute atomic E-state index is 11.7. The highest BCUT2D eigenvalue weighted by atomic mass is 16.5. The zero-order chi connectivity index (χ0) is 12.2. The Hall–Kier alpha value is -1.45. The predicted octanol–water partition coefficient (Wildman–Crippen LogP) is 2.03. The summed E-state index contributed by atoms with van der Waals surface area (Å²) in [6.07, 6.45) is 2.31. The maximum Gasteiger partial charge on any atom is 0.216 e. The van der Waals surface area contributed by atoms with Crippen LogP contribution in [0.15, 0.2) is 12.4 Å². The minimum atomic E-state index is 0.0220. The van der Waals surface area contributed by atoms with Crippen LogP contribution >= 0.6 is 0 Å². The quantitative estimate of drug-likeness (QED) is 0.782. The van der Waals surface area contributed by atoms with Crippen molar-refractivity contribution in [2.45, 2.75) is 33.6 Å². The Kier molecular flexibility index (Phi) is 3.99. The van der Waals surface area contributed by atoms with Crippen LogP contribution in [0, 0.1) is 5.41 Å². The van der Waals surface area contributed by atoms with Crippen LogP contribution < -0.4 is 4.74 Å². The number of aromatic nitrogens is 2. The molecule has 0 bridgehead atoms. The number of nitrogens with zero attached hydrogens (tertiary/aromatic N) is 2. The summed E-state index contributed by atoms with van der Waals surface area (Å²) in [5.41, 5.74) is 0.731. The van der Waals surface area contributed by atoms with E-state index in [2.05, 4.69) is 9.97 Å². The lowest BCUT2D eigenvalue weighted by Gasteiger charge is -2.16. The number of ketones is 1. The van der Waals surface area contributed by atoms with E-state index in [0.29, 0.717) is 24.4 Å². The number of Topliss-reactive ketones (excluding diaryl/α,β-unsaturated/α-hetero) is 1. The van der Waals surface area contributed by atoms with E-state index < -0.39 is 0 Å². The Bertz CT molecular complexity index is 370. The van der Waals surface area contributed by atoms with Crippen molar-refractivity contribution in [3.8, 4) is 5.88 Å². The Morgan fingerprint density at radius 3 is 2.62 bits per heavy atom. The second-order valence-corrected chi connectivity index (χ2v) is 5.00. The second kappa shape index (κ2) is 5.05. The van der Waals surface area contributed by atoms with Gasteiger partial charge in [-0.25, -0.2) is 9.97 Å². The van der Waals surface area contributed by atoms with E-state index in [1.165, 1.54) is 6.33 Å². The first-order valence-corrected chi connectivity index (χ1v) is 5.27. The van der Waals surface area contributed by atoms with Gasteiger partial charge in [-0.15, -0.1) is 0 Å². The number of hydrogen-bond donors (Lipinski definition) is 0. The highest BCUT2D eigenvalue weighted by molar-refractivity contribution is 5.81. The van der Waals surface area contributed by atoms with Gasteiger partial charge in [0.25, 0.3) is 0 Å². The average molecular weight is 222 g/mol. The molecule has 0 fully saturated rings. The van der Waals surface area contributed by atoms with Crippen LogP contribution in [0.5, 0.6) is 5.88 Å². The largest absolute Gasteiger partial charge is 0.481 e. The molecule has 0 atom stereocenters. The first kappa shape index (κ1) is 12.6. The minimum Gasteiger partial charge on any atom is -0.481 e. The molecule has 88 valence electrons. The Morgan fingerprint density at radius 2 is 2.06 bits per heavy atom. The summed E-state index contributed by atoms with van der Waals surface area (Å²) in [5.74, 6) is 0.682. The fourth-order valence-corrected chi connectivity index (χ4v) is 1.44. The smallest absolute Gasteiger partial charge is 0.216 e. The number of ether oxygens (including phenoxy) is 1. The van der Waals surface area contributed by atoms with Crippen molar-refractivity contribution in [1.82, 2.24) is 9.97 Å². The van der Waals surface area contributed by atoms with Gasteiger partial charge in [-0.05, 0) is 5.41 Å². The second-order valence-electron chi connectivity index (χ2n) is 5.00. The first-order valence-electron chi connectivity index (χ1n) is 5.27. The molecule has 4 nitrogen and oxygen atoms in total.